The largest absolute Gasteiger partial charge is 0.468 e. The third-order valence-corrected chi connectivity index (χ3v) is 3.37. The van der Waals surface area contributed by atoms with E-state index < -0.39 is 0 Å². The zero-order chi connectivity index (χ0) is 17.9. The van der Waals surface area contributed by atoms with Crippen molar-refractivity contribution < 1.29 is 9.53 Å². The standard InChI is InChI=1S/C13H19NO2S.C4H8.C2H6/c1-16-13(15)12(14-8-9-17-2)10-11-6-4-3-5-7-11;1-3-4-2;1-2/h3-7,12,14H,8-10H2,1-2H3;3H,1,4H2,2H3;1-2H3/t12-;;/m0../s1. The van der Waals surface area contributed by atoms with Gasteiger partial charge in [0, 0.05) is 12.3 Å². The SMILES string of the molecule is C=CCC.CC.COC(=O)[C@H](Cc1ccccc1)NCCSC. The summed E-state index contributed by atoms with van der Waals surface area (Å²) >= 11 is 1.75. The van der Waals surface area contributed by atoms with Gasteiger partial charge in [-0.1, -0.05) is 57.2 Å². The highest BCUT2D eigenvalue weighted by atomic mass is 32.2. The van der Waals surface area contributed by atoms with Gasteiger partial charge in [-0.3, -0.25) is 4.79 Å². The van der Waals surface area contributed by atoms with Crippen LogP contribution >= 0.6 is 11.8 Å². The lowest BCUT2D eigenvalue weighted by Crippen LogP contribution is -2.40. The Morgan fingerprint density at radius 1 is 1.35 bits per heavy atom. The van der Waals surface area contributed by atoms with Crippen LogP contribution in [0.2, 0.25) is 0 Å². The summed E-state index contributed by atoms with van der Waals surface area (Å²) in [5, 5.41) is 3.22. The van der Waals surface area contributed by atoms with Crippen LogP contribution < -0.4 is 5.32 Å². The number of methoxy groups -OCH3 is 1. The zero-order valence-corrected chi connectivity index (χ0v) is 16.1. The van der Waals surface area contributed by atoms with Gasteiger partial charge in [-0.2, -0.15) is 11.8 Å². The molecule has 0 radical (unpaired) electrons. The molecule has 0 heterocycles. The molecule has 0 unspecified atom stereocenters. The Morgan fingerprint density at radius 2 is 1.91 bits per heavy atom. The molecule has 0 amide bonds. The van der Waals surface area contributed by atoms with Crippen LogP contribution in [-0.2, 0) is 16.0 Å². The fourth-order valence-electron chi connectivity index (χ4n) is 1.57. The average molecular weight is 340 g/mol. The first-order valence-electron chi connectivity index (χ1n) is 8.14. The fourth-order valence-corrected chi connectivity index (χ4v) is 1.89. The Bertz CT molecular complexity index is 382. The van der Waals surface area contributed by atoms with E-state index in [0.29, 0.717) is 6.42 Å². The molecule has 1 rings (SSSR count). The Morgan fingerprint density at radius 3 is 2.35 bits per heavy atom. The molecule has 132 valence electrons. The summed E-state index contributed by atoms with van der Waals surface area (Å²) in [4.78, 5) is 11.6. The predicted molar refractivity (Wildman–Crippen MR) is 104 cm³/mol. The van der Waals surface area contributed by atoms with E-state index in [1.165, 1.54) is 7.11 Å². The number of thioether (sulfide) groups is 1. The number of esters is 1. The van der Waals surface area contributed by atoms with E-state index in [1.54, 1.807) is 11.8 Å². The van der Waals surface area contributed by atoms with Crippen molar-refractivity contribution in [1.82, 2.24) is 5.32 Å². The van der Waals surface area contributed by atoms with Crippen LogP contribution in [0.25, 0.3) is 0 Å². The van der Waals surface area contributed by atoms with Gasteiger partial charge in [-0.25, -0.2) is 0 Å². The first-order valence-corrected chi connectivity index (χ1v) is 9.53. The number of hydrogen-bond acceptors (Lipinski definition) is 4. The van der Waals surface area contributed by atoms with Crippen LogP contribution in [0.3, 0.4) is 0 Å². The summed E-state index contributed by atoms with van der Waals surface area (Å²) in [7, 11) is 1.43. The summed E-state index contributed by atoms with van der Waals surface area (Å²) in [5.41, 5.74) is 1.14. The third kappa shape index (κ3) is 14.1. The lowest BCUT2D eigenvalue weighted by molar-refractivity contribution is -0.143. The lowest BCUT2D eigenvalue weighted by Gasteiger charge is -2.16. The Kier molecular flexibility index (Phi) is 19.6. The molecule has 1 atom stereocenters. The average Bonchev–Trinajstić information content (AvgIpc) is 2.63. The highest BCUT2D eigenvalue weighted by molar-refractivity contribution is 7.98. The van der Waals surface area contributed by atoms with Crippen molar-refractivity contribution in [3.8, 4) is 0 Å². The van der Waals surface area contributed by atoms with E-state index >= 15 is 0 Å². The van der Waals surface area contributed by atoms with Gasteiger partial charge in [0.05, 0.1) is 7.11 Å². The molecule has 1 aromatic rings. The van der Waals surface area contributed by atoms with Crippen molar-refractivity contribution in [2.24, 2.45) is 0 Å². The smallest absolute Gasteiger partial charge is 0.323 e. The minimum Gasteiger partial charge on any atom is -0.468 e. The van der Waals surface area contributed by atoms with Gasteiger partial charge >= 0.3 is 5.97 Å². The van der Waals surface area contributed by atoms with Crippen LogP contribution in [0.1, 0.15) is 32.8 Å². The van der Waals surface area contributed by atoms with Crippen LogP contribution in [0.15, 0.2) is 43.0 Å². The molecule has 23 heavy (non-hydrogen) atoms. The van der Waals surface area contributed by atoms with Crippen molar-refractivity contribution in [2.45, 2.75) is 39.7 Å². The van der Waals surface area contributed by atoms with Crippen molar-refractivity contribution in [3.05, 3.63) is 48.6 Å². The Balaban J connectivity index is 0. The molecule has 0 aliphatic carbocycles. The zero-order valence-electron chi connectivity index (χ0n) is 15.3. The van der Waals surface area contributed by atoms with Gasteiger partial charge in [-0.05, 0) is 24.7 Å². The third-order valence-electron chi connectivity index (χ3n) is 2.75. The van der Waals surface area contributed by atoms with E-state index in [0.717, 1.165) is 24.3 Å². The fraction of sp³-hybridized carbons (Fsp3) is 0.526. The summed E-state index contributed by atoms with van der Waals surface area (Å²) in [6, 6.07) is 9.71. The predicted octanol–water partition coefficient (Wildman–Crippen LogP) is 4.33. The van der Waals surface area contributed by atoms with Crippen molar-refractivity contribution in [3.63, 3.8) is 0 Å². The second-order valence-electron chi connectivity index (χ2n) is 4.41. The molecule has 0 aromatic heterocycles. The molecule has 0 aliphatic heterocycles. The summed E-state index contributed by atoms with van der Waals surface area (Å²) in [5.74, 6) is 0.789. The first kappa shape index (κ1) is 24.0. The minimum atomic E-state index is -0.255. The number of rotatable bonds is 8. The van der Waals surface area contributed by atoms with Crippen molar-refractivity contribution >= 4 is 17.7 Å². The van der Waals surface area contributed by atoms with E-state index in [4.69, 9.17) is 4.74 Å². The van der Waals surface area contributed by atoms with Gasteiger partial charge < -0.3 is 10.1 Å². The highest BCUT2D eigenvalue weighted by Gasteiger charge is 2.18. The van der Waals surface area contributed by atoms with E-state index in [9.17, 15) is 4.79 Å². The molecular weight excluding hydrogens is 306 g/mol. The first-order chi connectivity index (χ1) is 11.2. The van der Waals surface area contributed by atoms with E-state index in [2.05, 4.69) is 18.8 Å². The van der Waals surface area contributed by atoms with Crippen molar-refractivity contribution in [1.29, 1.82) is 0 Å². The highest BCUT2D eigenvalue weighted by Crippen LogP contribution is 2.04. The summed E-state index contributed by atoms with van der Waals surface area (Å²) in [6.45, 7) is 10.4. The maximum absolute atomic E-state index is 11.6. The second kappa shape index (κ2) is 18.8. The van der Waals surface area contributed by atoms with Gasteiger partial charge in [0.1, 0.15) is 6.04 Å². The number of benzene rings is 1. The summed E-state index contributed by atoms with van der Waals surface area (Å²) in [6.07, 6.45) is 5.67. The van der Waals surface area contributed by atoms with Crippen molar-refractivity contribution in [2.75, 3.05) is 25.7 Å². The molecule has 0 spiro atoms. The number of allylic oxidation sites excluding steroid dienone is 1. The Hall–Kier alpha value is -1.26. The molecular formula is C19H33NO2S. The number of nitrogens with one attached hydrogen (secondary N) is 1. The van der Waals surface area contributed by atoms with Gasteiger partial charge in [0.2, 0.25) is 0 Å². The molecule has 1 aromatic carbocycles. The van der Waals surface area contributed by atoms with Crippen LogP contribution in [0.5, 0.6) is 0 Å². The molecule has 0 bridgehead atoms. The Labute approximate surface area is 146 Å². The van der Waals surface area contributed by atoms with Gasteiger partial charge in [-0.15, -0.1) is 6.58 Å². The molecule has 0 saturated carbocycles. The number of carbonyl (C=O) groups is 1. The second-order valence-corrected chi connectivity index (χ2v) is 5.39. The van der Waals surface area contributed by atoms with Gasteiger partial charge in [0.15, 0.2) is 0 Å². The molecule has 0 fully saturated rings. The molecule has 1 N–H and O–H groups in total. The molecule has 0 saturated heterocycles. The molecule has 3 nitrogen and oxygen atoms in total. The quantitative estimate of drug-likeness (QED) is 0.434. The van der Waals surface area contributed by atoms with Crippen LogP contribution in [-0.4, -0.2) is 37.7 Å². The normalized spacial score (nSPS) is 10.3. The monoisotopic (exact) mass is 339 g/mol. The maximum atomic E-state index is 11.6. The topological polar surface area (TPSA) is 38.3 Å². The summed E-state index contributed by atoms with van der Waals surface area (Å²) < 4.78 is 4.81. The van der Waals surface area contributed by atoms with E-state index in [-0.39, 0.29) is 12.0 Å². The number of carbonyl (C=O) groups excluding carboxylic acids is 1. The van der Waals surface area contributed by atoms with Gasteiger partial charge in [0.25, 0.3) is 0 Å². The van der Waals surface area contributed by atoms with Crippen LogP contribution in [0.4, 0.5) is 0 Å². The maximum Gasteiger partial charge on any atom is 0.323 e. The number of hydrogen-bond donors (Lipinski definition) is 1. The molecule has 4 heteroatoms. The molecule has 0 aliphatic rings. The minimum absolute atomic E-state index is 0.199. The number of ether oxygens (including phenoxy) is 1. The lowest BCUT2D eigenvalue weighted by atomic mass is 10.1. The van der Waals surface area contributed by atoms with E-state index in [1.807, 2.05) is 56.5 Å². The van der Waals surface area contributed by atoms with Crippen LogP contribution in [0, 0.1) is 0 Å².